The van der Waals surface area contributed by atoms with Gasteiger partial charge in [-0.1, -0.05) is 26.0 Å². The van der Waals surface area contributed by atoms with Crippen LogP contribution in [0.25, 0.3) is 0 Å². The lowest BCUT2D eigenvalue weighted by atomic mass is 9.52. The first-order valence-electron chi connectivity index (χ1n) is 10.6. The van der Waals surface area contributed by atoms with Crippen LogP contribution in [0, 0.1) is 28.6 Å². The molecule has 0 aromatic carbocycles. The van der Waals surface area contributed by atoms with Crippen molar-refractivity contribution in [2.45, 2.75) is 85.2 Å². The molecular weight excluding hydrogens is 340 g/mol. The fourth-order valence-corrected chi connectivity index (χ4v) is 6.48. The Hall–Kier alpha value is -1.32. The molecule has 3 aliphatic carbocycles. The van der Waals surface area contributed by atoms with Crippen LogP contribution in [0.15, 0.2) is 12.2 Å². The van der Waals surface area contributed by atoms with Gasteiger partial charge in [-0.25, -0.2) is 0 Å². The number of esters is 2. The smallest absolute Gasteiger partial charge is 0.302 e. The first kappa shape index (κ1) is 20.4. The van der Waals surface area contributed by atoms with Gasteiger partial charge in [0.1, 0.15) is 6.10 Å². The standard InChI is InChI=1S/C23H36O4/c1-15-6-7-21-19(14-26-16(2)24)20(10-13-23(15,21)5)22(4)11-8-18(9-12-22)27-17(3)25/h18-21H,1,6-14H2,2-5H3/t18-,19-,20?,21?,22-,23-/m1/s1. The normalized spacial score (nSPS) is 41.7. The van der Waals surface area contributed by atoms with Gasteiger partial charge < -0.3 is 9.47 Å². The highest BCUT2D eigenvalue weighted by Crippen LogP contribution is 2.62. The summed E-state index contributed by atoms with van der Waals surface area (Å²) in [5.74, 6) is 1.17. The van der Waals surface area contributed by atoms with Crippen LogP contribution in [-0.4, -0.2) is 24.6 Å². The third-order valence-electron chi connectivity index (χ3n) is 8.17. The Morgan fingerprint density at radius 2 is 1.67 bits per heavy atom. The zero-order chi connectivity index (χ0) is 19.8. The average molecular weight is 377 g/mol. The van der Waals surface area contributed by atoms with Crippen molar-refractivity contribution < 1.29 is 19.1 Å². The van der Waals surface area contributed by atoms with E-state index >= 15 is 0 Å². The summed E-state index contributed by atoms with van der Waals surface area (Å²) < 4.78 is 11.0. The van der Waals surface area contributed by atoms with Crippen molar-refractivity contribution in [2.24, 2.45) is 28.6 Å². The third kappa shape index (κ3) is 3.95. The summed E-state index contributed by atoms with van der Waals surface area (Å²) in [6.07, 6.45) is 8.77. The number of rotatable bonds is 4. The van der Waals surface area contributed by atoms with Crippen molar-refractivity contribution >= 4 is 11.9 Å². The molecule has 3 aliphatic rings. The molecule has 0 aromatic heterocycles. The fraction of sp³-hybridized carbons (Fsp3) is 0.826. The van der Waals surface area contributed by atoms with Crippen molar-refractivity contribution in [2.75, 3.05) is 6.61 Å². The quantitative estimate of drug-likeness (QED) is 0.508. The summed E-state index contributed by atoms with van der Waals surface area (Å²) in [5.41, 5.74) is 1.82. The minimum atomic E-state index is -0.179. The summed E-state index contributed by atoms with van der Waals surface area (Å²) in [6, 6.07) is 0. The molecule has 4 nitrogen and oxygen atoms in total. The van der Waals surface area contributed by atoms with E-state index in [-0.39, 0.29) is 28.9 Å². The summed E-state index contributed by atoms with van der Waals surface area (Å²) in [4.78, 5) is 22.8. The second-order valence-corrected chi connectivity index (χ2v) is 9.74. The molecule has 4 atom stereocenters. The maximum Gasteiger partial charge on any atom is 0.302 e. The van der Waals surface area contributed by atoms with Crippen LogP contribution >= 0.6 is 0 Å². The highest BCUT2D eigenvalue weighted by Gasteiger charge is 2.55. The second-order valence-electron chi connectivity index (χ2n) is 9.74. The van der Waals surface area contributed by atoms with Gasteiger partial charge >= 0.3 is 11.9 Å². The molecule has 152 valence electrons. The molecule has 4 heteroatoms. The first-order chi connectivity index (χ1) is 12.7. The van der Waals surface area contributed by atoms with E-state index in [0.717, 1.165) is 32.1 Å². The minimum absolute atomic E-state index is 0.0719. The van der Waals surface area contributed by atoms with E-state index in [1.807, 2.05) is 0 Å². The van der Waals surface area contributed by atoms with Crippen LogP contribution < -0.4 is 0 Å². The largest absolute Gasteiger partial charge is 0.466 e. The summed E-state index contributed by atoms with van der Waals surface area (Å²) in [5, 5.41) is 0. The lowest BCUT2D eigenvalue weighted by molar-refractivity contribution is -0.152. The van der Waals surface area contributed by atoms with Gasteiger partial charge in [0.15, 0.2) is 0 Å². The van der Waals surface area contributed by atoms with Crippen LogP contribution in [-0.2, 0) is 19.1 Å². The SMILES string of the molecule is C=C1CCC2[C@H](COC(C)=O)C([C@]3(C)CC[C@@H](OC(C)=O)CC3)CC[C@]12C. The zero-order valence-corrected chi connectivity index (χ0v) is 17.5. The molecule has 0 radical (unpaired) electrons. The number of allylic oxidation sites excluding steroid dienone is 1. The van der Waals surface area contributed by atoms with Gasteiger partial charge in [-0.3, -0.25) is 9.59 Å². The number of fused-ring (bicyclic) bond motifs is 1. The van der Waals surface area contributed by atoms with Gasteiger partial charge in [0.05, 0.1) is 6.61 Å². The summed E-state index contributed by atoms with van der Waals surface area (Å²) in [6.45, 7) is 12.7. The second kappa shape index (κ2) is 7.60. The molecule has 3 rings (SSSR count). The highest BCUT2D eigenvalue weighted by molar-refractivity contribution is 5.66. The molecule has 2 unspecified atom stereocenters. The van der Waals surface area contributed by atoms with Crippen LogP contribution in [0.2, 0.25) is 0 Å². The van der Waals surface area contributed by atoms with Crippen LogP contribution in [0.5, 0.6) is 0 Å². The van der Waals surface area contributed by atoms with Crippen LogP contribution in [0.1, 0.15) is 79.1 Å². The van der Waals surface area contributed by atoms with E-state index in [9.17, 15) is 9.59 Å². The van der Waals surface area contributed by atoms with Gasteiger partial charge in [0.2, 0.25) is 0 Å². The Morgan fingerprint density at radius 1 is 1.00 bits per heavy atom. The van der Waals surface area contributed by atoms with Gasteiger partial charge in [-0.2, -0.15) is 0 Å². The first-order valence-corrected chi connectivity index (χ1v) is 10.6. The molecule has 3 fully saturated rings. The summed E-state index contributed by atoms with van der Waals surface area (Å²) >= 11 is 0. The number of hydrogen-bond donors (Lipinski definition) is 0. The number of ether oxygens (including phenoxy) is 2. The Bertz CT molecular complexity index is 601. The Labute approximate surface area is 164 Å². The van der Waals surface area contributed by atoms with Crippen molar-refractivity contribution in [1.82, 2.24) is 0 Å². The topological polar surface area (TPSA) is 52.6 Å². The molecule has 0 aromatic rings. The lowest BCUT2D eigenvalue weighted by Gasteiger charge is -2.54. The molecule has 0 N–H and O–H groups in total. The Morgan fingerprint density at radius 3 is 2.26 bits per heavy atom. The predicted octanol–water partition coefficient (Wildman–Crippen LogP) is 5.06. The van der Waals surface area contributed by atoms with Crippen LogP contribution in [0.4, 0.5) is 0 Å². The van der Waals surface area contributed by atoms with Gasteiger partial charge in [-0.15, -0.1) is 0 Å². The van der Waals surface area contributed by atoms with E-state index in [1.165, 1.54) is 38.7 Å². The lowest BCUT2D eigenvalue weighted by Crippen LogP contribution is -2.48. The van der Waals surface area contributed by atoms with Gasteiger partial charge in [0, 0.05) is 19.8 Å². The minimum Gasteiger partial charge on any atom is -0.466 e. The van der Waals surface area contributed by atoms with Crippen molar-refractivity contribution in [3.63, 3.8) is 0 Å². The van der Waals surface area contributed by atoms with E-state index in [1.54, 1.807) is 0 Å². The van der Waals surface area contributed by atoms with Crippen molar-refractivity contribution in [3.8, 4) is 0 Å². The molecule has 0 bridgehead atoms. The van der Waals surface area contributed by atoms with Crippen LogP contribution in [0.3, 0.4) is 0 Å². The highest BCUT2D eigenvalue weighted by atomic mass is 16.5. The van der Waals surface area contributed by atoms with E-state index in [0.29, 0.717) is 24.4 Å². The molecule has 0 saturated heterocycles. The third-order valence-corrected chi connectivity index (χ3v) is 8.17. The number of carbonyl (C=O) groups excluding carboxylic acids is 2. The average Bonchev–Trinajstić information content (AvgIpc) is 2.90. The fourth-order valence-electron chi connectivity index (χ4n) is 6.48. The van der Waals surface area contributed by atoms with Gasteiger partial charge in [-0.05, 0) is 74.0 Å². The Balaban J connectivity index is 1.77. The maximum atomic E-state index is 11.5. The molecule has 0 amide bonds. The van der Waals surface area contributed by atoms with Crippen molar-refractivity contribution in [3.05, 3.63) is 12.2 Å². The van der Waals surface area contributed by atoms with E-state index < -0.39 is 0 Å². The Kier molecular flexibility index (Phi) is 5.74. The van der Waals surface area contributed by atoms with E-state index in [4.69, 9.17) is 9.47 Å². The summed E-state index contributed by atoms with van der Waals surface area (Å²) in [7, 11) is 0. The van der Waals surface area contributed by atoms with E-state index in [2.05, 4.69) is 20.4 Å². The molecule has 0 aliphatic heterocycles. The number of carbonyl (C=O) groups is 2. The van der Waals surface area contributed by atoms with Gasteiger partial charge in [0.25, 0.3) is 0 Å². The molecule has 0 heterocycles. The van der Waals surface area contributed by atoms with Crippen molar-refractivity contribution in [1.29, 1.82) is 0 Å². The molecular formula is C23H36O4. The maximum absolute atomic E-state index is 11.5. The predicted molar refractivity (Wildman–Crippen MR) is 105 cm³/mol. The molecule has 27 heavy (non-hydrogen) atoms. The molecule has 3 saturated carbocycles. The monoisotopic (exact) mass is 376 g/mol. The number of hydrogen-bond acceptors (Lipinski definition) is 4. The zero-order valence-electron chi connectivity index (χ0n) is 17.5. The molecule has 0 spiro atoms.